The molecule has 0 radical (unpaired) electrons. The number of hydrogen-bond acceptors (Lipinski definition) is 8. The van der Waals surface area contributed by atoms with Crippen molar-refractivity contribution in [3.63, 3.8) is 0 Å². The van der Waals surface area contributed by atoms with E-state index in [1.54, 1.807) is 30.3 Å². The molecule has 0 bridgehead atoms. The molecule has 4 aromatic rings. The number of hydrogen-bond donors (Lipinski definition) is 1. The molecule has 9 nitrogen and oxygen atoms in total. The third-order valence-electron chi connectivity index (χ3n) is 4.93. The van der Waals surface area contributed by atoms with Crippen LogP contribution in [0.25, 0.3) is 10.1 Å². The maximum absolute atomic E-state index is 12.6. The van der Waals surface area contributed by atoms with Crippen molar-refractivity contribution in [2.45, 2.75) is 13.0 Å². The summed E-state index contributed by atoms with van der Waals surface area (Å²) in [5, 5.41) is 16.1. The lowest BCUT2D eigenvalue weighted by Gasteiger charge is -2.12. The van der Waals surface area contributed by atoms with E-state index in [1.807, 2.05) is 24.3 Å². The first-order chi connectivity index (χ1) is 17.3. The number of thiophene rings is 1. The van der Waals surface area contributed by atoms with Crippen molar-refractivity contribution in [2.24, 2.45) is 5.10 Å². The van der Waals surface area contributed by atoms with Crippen LogP contribution in [-0.2, 0) is 4.79 Å². The Kier molecular flexibility index (Phi) is 7.57. The van der Waals surface area contributed by atoms with Crippen molar-refractivity contribution in [3.8, 4) is 11.5 Å². The molecule has 1 heterocycles. The molecule has 0 spiro atoms. The van der Waals surface area contributed by atoms with Gasteiger partial charge in [-0.15, -0.1) is 11.3 Å². The van der Waals surface area contributed by atoms with Gasteiger partial charge in [-0.05, 0) is 48.9 Å². The number of halogens is 1. The summed E-state index contributed by atoms with van der Waals surface area (Å²) in [6.07, 6.45) is 0.370. The Bertz CT molecular complexity index is 1470. The zero-order chi connectivity index (χ0) is 25.7. The molecule has 11 heteroatoms. The first kappa shape index (κ1) is 24.8. The number of benzene rings is 3. The van der Waals surface area contributed by atoms with E-state index in [4.69, 9.17) is 21.1 Å². The zero-order valence-corrected chi connectivity index (χ0v) is 20.3. The van der Waals surface area contributed by atoms with Crippen LogP contribution in [0.4, 0.5) is 5.69 Å². The van der Waals surface area contributed by atoms with Crippen LogP contribution >= 0.6 is 22.9 Å². The smallest absolute Gasteiger partial charge is 0.355 e. The van der Waals surface area contributed by atoms with Gasteiger partial charge < -0.3 is 9.47 Å². The summed E-state index contributed by atoms with van der Waals surface area (Å²) in [5.41, 5.74) is 2.71. The van der Waals surface area contributed by atoms with Gasteiger partial charge in [0.1, 0.15) is 10.6 Å². The molecule has 0 aliphatic rings. The fourth-order valence-electron chi connectivity index (χ4n) is 3.13. The number of rotatable bonds is 8. The van der Waals surface area contributed by atoms with E-state index in [0.29, 0.717) is 21.2 Å². The van der Waals surface area contributed by atoms with Gasteiger partial charge in [0.2, 0.25) is 0 Å². The largest absolute Gasteiger partial charge is 0.474 e. The lowest BCUT2D eigenvalue weighted by Crippen LogP contribution is -2.33. The van der Waals surface area contributed by atoms with Gasteiger partial charge in [0, 0.05) is 16.2 Å². The number of nitro benzene ring substituents is 1. The molecule has 1 amide bonds. The molecule has 1 aromatic heterocycles. The highest BCUT2D eigenvalue weighted by Gasteiger charge is 2.21. The van der Waals surface area contributed by atoms with Gasteiger partial charge in [-0.2, -0.15) is 5.10 Å². The molecule has 0 aliphatic heterocycles. The van der Waals surface area contributed by atoms with Crippen LogP contribution < -0.4 is 14.9 Å². The van der Waals surface area contributed by atoms with Gasteiger partial charge in [0.05, 0.1) is 16.2 Å². The highest BCUT2D eigenvalue weighted by atomic mass is 35.5. The Hall–Kier alpha value is -4.28. The maximum atomic E-state index is 12.6. The van der Waals surface area contributed by atoms with Crippen molar-refractivity contribution in [2.75, 3.05) is 0 Å². The number of hydrazone groups is 1. The third kappa shape index (κ3) is 5.68. The quantitative estimate of drug-likeness (QED) is 0.105. The molecule has 3 aromatic carbocycles. The van der Waals surface area contributed by atoms with Crippen LogP contribution in [0.5, 0.6) is 11.5 Å². The molecule has 36 heavy (non-hydrogen) atoms. The predicted molar refractivity (Wildman–Crippen MR) is 137 cm³/mol. The van der Waals surface area contributed by atoms with Crippen molar-refractivity contribution >= 4 is 56.8 Å². The molecule has 182 valence electrons. The summed E-state index contributed by atoms with van der Waals surface area (Å²) in [5.74, 6) is -0.838. The molecule has 1 N–H and O–H groups in total. The summed E-state index contributed by atoms with van der Waals surface area (Å²) in [7, 11) is 0. The minimum absolute atomic E-state index is 0.0174. The number of fused-ring (bicyclic) bond motifs is 1. The van der Waals surface area contributed by atoms with Crippen molar-refractivity contribution in [3.05, 3.63) is 98.4 Å². The summed E-state index contributed by atoms with van der Waals surface area (Å²) in [6.45, 7) is 1.45. The highest BCUT2D eigenvalue weighted by Crippen LogP contribution is 2.35. The van der Waals surface area contributed by atoms with Gasteiger partial charge in [-0.25, -0.2) is 10.2 Å². The number of carbonyl (C=O) groups is 2. The van der Waals surface area contributed by atoms with Crippen molar-refractivity contribution in [1.82, 2.24) is 5.43 Å². The van der Waals surface area contributed by atoms with E-state index < -0.39 is 22.9 Å². The first-order valence-corrected chi connectivity index (χ1v) is 11.7. The van der Waals surface area contributed by atoms with E-state index in [0.717, 1.165) is 10.1 Å². The third-order valence-corrected chi connectivity index (χ3v) is 6.59. The van der Waals surface area contributed by atoms with Crippen LogP contribution in [0.15, 0.2) is 77.9 Å². The lowest BCUT2D eigenvalue weighted by molar-refractivity contribution is -0.386. The number of ether oxygens (including phenoxy) is 2. The molecule has 1 atom stereocenters. The van der Waals surface area contributed by atoms with Crippen LogP contribution in [0.1, 0.15) is 22.2 Å². The van der Waals surface area contributed by atoms with E-state index in [9.17, 15) is 19.7 Å². The number of carbonyl (C=O) groups excluding carboxylic acids is 2. The van der Waals surface area contributed by atoms with Crippen LogP contribution in [0.3, 0.4) is 0 Å². The molecule has 4 rings (SSSR count). The topological polar surface area (TPSA) is 120 Å². The molecule has 0 unspecified atom stereocenters. The first-order valence-electron chi connectivity index (χ1n) is 10.6. The minimum atomic E-state index is -1.02. The fraction of sp³-hybridized carbons (Fsp3) is 0.0800. The lowest BCUT2D eigenvalue weighted by atomic mass is 10.2. The SMILES string of the molecule is C[C@H](Oc1ccccc1[N+](=O)[O-])C(=O)N/N=C\c1ccc(OC(=O)c2sc3ccccc3c2Cl)cc1. The second-order valence-electron chi connectivity index (χ2n) is 7.42. The van der Waals surface area contributed by atoms with E-state index in [2.05, 4.69) is 10.5 Å². The summed E-state index contributed by atoms with van der Waals surface area (Å²) in [6, 6.07) is 19.7. The molecular formula is C25H18ClN3O6S. The number of amides is 1. The molecule has 0 saturated heterocycles. The second kappa shape index (κ2) is 11.0. The Labute approximate surface area is 214 Å². The Morgan fingerprint density at radius 3 is 2.50 bits per heavy atom. The Balaban J connectivity index is 1.32. The number of para-hydroxylation sites is 2. The molecule has 0 saturated carbocycles. The summed E-state index contributed by atoms with van der Waals surface area (Å²) in [4.78, 5) is 35.6. The normalized spacial score (nSPS) is 11.8. The van der Waals surface area contributed by atoms with E-state index >= 15 is 0 Å². The van der Waals surface area contributed by atoms with E-state index in [1.165, 1.54) is 42.7 Å². The van der Waals surface area contributed by atoms with Gasteiger partial charge in [-0.1, -0.05) is 41.9 Å². The van der Waals surface area contributed by atoms with Gasteiger partial charge in [-0.3, -0.25) is 14.9 Å². The van der Waals surface area contributed by atoms with Crippen LogP contribution in [-0.4, -0.2) is 29.1 Å². The number of nitrogens with one attached hydrogen (secondary N) is 1. The monoisotopic (exact) mass is 523 g/mol. The van der Waals surface area contributed by atoms with Gasteiger partial charge >= 0.3 is 11.7 Å². The Morgan fingerprint density at radius 1 is 1.08 bits per heavy atom. The summed E-state index contributed by atoms with van der Waals surface area (Å²) < 4.78 is 11.7. The van der Waals surface area contributed by atoms with Gasteiger partial charge in [0.15, 0.2) is 11.9 Å². The average Bonchev–Trinajstić information content (AvgIpc) is 3.22. The summed E-state index contributed by atoms with van der Waals surface area (Å²) >= 11 is 7.60. The van der Waals surface area contributed by atoms with Crippen LogP contribution in [0, 0.1) is 10.1 Å². The number of nitro groups is 1. The molecule has 0 fully saturated rings. The highest BCUT2D eigenvalue weighted by molar-refractivity contribution is 7.21. The number of esters is 1. The van der Waals surface area contributed by atoms with Gasteiger partial charge in [0.25, 0.3) is 5.91 Å². The predicted octanol–water partition coefficient (Wildman–Crippen LogP) is 5.60. The molecule has 0 aliphatic carbocycles. The minimum Gasteiger partial charge on any atom is -0.474 e. The van der Waals surface area contributed by atoms with Crippen molar-refractivity contribution in [1.29, 1.82) is 0 Å². The maximum Gasteiger partial charge on any atom is 0.355 e. The van der Waals surface area contributed by atoms with Crippen LogP contribution in [0.2, 0.25) is 5.02 Å². The Morgan fingerprint density at radius 2 is 1.78 bits per heavy atom. The standard InChI is InChI=1S/C25H18ClN3O6S/c1-15(34-20-8-4-3-7-19(20)29(32)33)24(30)28-27-14-16-10-12-17(13-11-16)35-25(31)23-22(26)18-6-2-5-9-21(18)36-23/h2-15H,1H3,(H,28,30)/b27-14-/t15-/m0/s1. The second-order valence-corrected chi connectivity index (χ2v) is 8.85. The number of nitrogens with zero attached hydrogens (tertiary/aromatic N) is 2. The molecular weight excluding hydrogens is 506 g/mol. The zero-order valence-electron chi connectivity index (χ0n) is 18.7. The van der Waals surface area contributed by atoms with Crippen molar-refractivity contribution < 1.29 is 24.0 Å². The average molecular weight is 524 g/mol. The fourth-order valence-corrected chi connectivity index (χ4v) is 4.52. The van der Waals surface area contributed by atoms with E-state index in [-0.39, 0.29) is 11.4 Å².